The molecule has 0 saturated carbocycles. The highest BCUT2D eigenvalue weighted by atomic mass is 16.5. The molecule has 3 fully saturated rings. The molecule has 3 heterocycles. The number of hydrogen-bond acceptors (Lipinski definition) is 5. The number of para-hydroxylation sites is 1. The van der Waals surface area contributed by atoms with Crippen LogP contribution in [-0.4, -0.2) is 86.2 Å². The third-order valence-electron chi connectivity index (χ3n) is 6.87. The summed E-state index contributed by atoms with van der Waals surface area (Å²) in [7, 11) is 0. The van der Waals surface area contributed by atoms with Gasteiger partial charge in [0.15, 0.2) is 0 Å². The standard InChI is InChI=1S/C24H37N3O3/c1-2-10-27-13-9-24(23(27)28)8-12-26(20-24)19-21-6-3-4-7-22(21)30-16-5-11-25-14-17-29-18-15-25/h3-4,6-7H,2,5,8-20H2,1H3. The highest BCUT2D eigenvalue weighted by molar-refractivity contribution is 5.85. The summed E-state index contributed by atoms with van der Waals surface area (Å²) in [6.07, 6.45) is 4.08. The fourth-order valence-electron chi connectivity index (χ4n) is 5.16. The first kappa shape index (κ1) is 21.6. The van der Waals surface area contributed by atoms with Gasteiger partial charge in [0.2, 0.25) is 5.91 Å². The van der Waals surface area contributed by atoms with E-state index in [0.717, 1.165) is 104 Å². The number of benzene rings is 1. The molecule has 6 nitrogen and oxygen atoms in total. The molecular weight excluding hydrogens is 378 g/mol. The largest absolute Gasteiger partial charge is 0.493 e. The summed E-state index contributed by atoms with van der Waals surface area (Å²) in [5.74, 6) is 1.38. The van der Waals surface area contributed by atoms with Crippen LogP contribution in [0.25, 0.3) is 0 Å². The Morgan fingerprint density at radius 3 is 2.67 bits per heavy atom. The van der Waals surface area contributed by atoms with Crippen LogP contribution in [0.4, 0.5) is 0 Å². The van der Waals surface area contributed by atoms with Crippen LogP contribution in [0, 0.1) is 5.41 Å². The zero-order valence-corrected chi connectivity index (χ0v) is 18.5. The minimum atomic E-state index is -0.136. The summed E-state index contributed by atoms with van der Waals surface area (Å²) in [6, 6.07) is 8.39. The first-order valence-electron chi connectivity index (χ1n) is 11.7. The second-order valence-corrected chi connectivity index (χ2v) is 9.05. The first-order chi connectivity index (χ1) is 14.7. The number of carbonyl (C=O) groups excluding carboxylic acids is 1. The molecular formula is C24H37N3O3. The van der Waals surface area contributed by atoms with E-state index in [1.165, 1.54) is 5.56 Å². The van der Waals surface area contributed by atoms with E-state index in [1.54, 1.807) is 0 Å². The number of amides is 1. The van der Waals surface area contributed by atoms with E-state index in [4.69, 9.17) is 9.47 Å². The maximum absolute atomic E-state index is 13.0. The van der Waals surface area contributed by atoms with Gasteiger partial charge in [0, 0.05) is 51.4 Å². The number of carbonyl (C=O) groups is 1. The van der Waals surface area contributed by atoms with Crippen molar-refractivity contribution in [3.8, 4) is 5.75 Å². The SMILES string of the molecule is CCCN1CCC2(CCN(Cc3ccccc3OCCCN3CCOCC3)C2)C1=O. The lowest BCUT2D eigenvalue weighted by Crippen LogP contribution is -2.37. The maximum atomic E-state index is 13.0. The molecule has 166 valence electrons. The van der Waals surface area contributed by atoms with E-state index in [9.17, 15) is 4.79 Å². The first-order valence-corrected chi connectivity index (χ1v) is 11.7. The summed E-state index contributed by atoms with van der Waals surface area (Å²) in [4.78, 5) is 19.9. The minimum Gasteiger partial charge on any atom is -0.493 e. The number of nitrogens with zero attached hydrogens (tertiary/aromatic N) is 3. The van der Waals surface area contributed by atoms with Gasteiger partial charge in [0.1, 0.15) is 5.75 Å². The van der Waals surface area contributed by atoms with Crippen LogP contribution in [0.2, 0.25) is 0 Å². The van der Waals surface area contributed by atoms with Gasteiger partial charge in [-0.2, -0.15) is 0 Å². The molecule has 0 aliphatic carbocycles. The van der Waals surface area contributed by atoms with E-state index < -0.39 is 0 Å². The van der Waals surface area contributed by atoms with Crippen molar-refractivity contribution < 1.29 is 14.3 Å². The van der Waals surface area contributed by atoms with Gasteiger partial charge < -0.3 is 14.4 Å². The molecule has 3 aliphatic heterocycles. The van der Waals surface area contributed by atoms with Crippen molar-refractivity contribution in [1.82, 2.24) is 14.7 Å². The lowest BCUT2D eigenvalue weighted by Gasteiger charge is -2.26. The van der Waals surface area contributed by atoms with Crippen molar-refractivity contribution in [2.24, 2.45) is 5.41 Å². The highest BCUT2D eigenvalue weighted by Gasteiger charge is 2.50. The zero-order valence-electron chi connectivity index (χ0n) is 18.5. The molecule has 1 atom stereocenters. The van der Waals surface area contributed by atoms with Crippen LogP contribution < -0.4 is 4.74 Å². The monoisotopic (exact) mass is 415 g/mol. The van der Waals surface area contributed by atoms with Gasteiger partial charge in [-0.05, 0) is 38.3 Å². The van der Waals surface area contributed by atoms with Gasteiger partial charge in [-0.25, -0.2) is 0 Å². The van der Waals surface area contributed by atoms with E-state index in [2.05, 4.69) is 45.9 Å². The molecule has 3 saturated heterocycles. The topological polar surface area (TPSA) is 45.2 Å². The molecule has 1 aromatic carbocycles. The van der Waals surface area contributed by atoms with E-state index >= 15 is 0 Å². The second kappa shape index (κ2) is 10.1. The Hall–Kier alpha value is -1.63. The van der Waals surface area contributed by atoms with Crippen LogP contribution in [0.5, 0.6) is 5.75 Å². The highest BCUT2D eigenvalue weighted by Crippen LogP contribution is 2.41. The van der Waals surface area contributed by atoms with Gasteiger partial charge in [-0.3, -0.25) is 14.6 Å². The van der Waals surface area contributed by atoms with Crippen molar-refractivity contribution >= 4 is 5.91 Å². The number of hydrogen-bond donors (Lipinski definition) is 0. The smallest absolute Gasteiger partial charge is 0.230 e. The summed E-state index contributed by atoms with van der Waals surface area (Å²) >= 11 is 0. The van der Waals surface area contributed by atoms with Crippen molar-refractivity contribution in [3.63, 3.8) is 0 Å². The molecule has 1 spiro atoms. The van der Waals surface area contributed by atoms with E-state index in [1.807, 2.05) is 0 Å². The molecule has 30 heavy (non-hydrogen) atoms. The Bertz CT molecular complexity index is 707. The normalized spacial score (nSPS) is 25.5. The molecule has 6 heteroatoms. The molecule has 4 rings (SSSR count). The number of ether oxygens (including phenoxy) is 2. The van der Waals surface area contributed by atoms with Crippen molar-refractivity contribution in [2.45, 2.75) is 39.2 Å². The molecule has 0 bridgehead atoms. The number of morpholine rings is 1. The van der Waals surface area contributed by atoms with Crippen LogP contribution in [0.1, 0.15) is 38.2 Å². The minimum absolute atomic E-state index is 0.136. The zero-order chi connectivity index (χ0) is 20.8. The third kappa shape index (κ3) is 4.98. The van der Waals surface area contributed by atoms with E-state index in [0.29, 0.717) is 5.91 Å². The fraction of sp³-hybridized carbons (Fsp3) is 0.708. The van der Waals surface area contributed by atoms with Crippen LogP contribution in [0.15, 0.2) is 24.3 Å². The van der Waals surface area contributed by atoms with E-state index in [-0.39, 0.29) is 5.41 Å². The summed E-state index contributed by atoms with van der Waals surface area (Å²) in [5.41, 5.74) is 1.10. The summed E-state index contributed by atoms with van der Waals surface area (Å²) in [6.45, 7) is 12.3. The van der Waals surface area contributed by atoms with Crippen molar-refractivity contribution in [1.29, 1.82) is 0 Å². The Balaban J connectivity index is 1.27. The summed E-state index contributed by atoms with van der Waals surface area (Å²) in [5, 5.41) is 0. The maximum Gasteiger partial charge on any atom is 0.230 e. The average Bonchev–Trinajstić information content (AvgIpc) is 3.32. The molecule has 0 radical (unpaired) electrons. The van der Waals surface area contributed by atoms with Crippen LogP contribution in [-0.2, 0) is 16.1 Å². The van der Waals surface area contributed by atoms with Crippen molar-refractivity contribution in [3.05, 3.63) is 29.8 Å². The predicted molar refractivity (Wildman–Crippen MR) is 118 cm³/mol. The average molecular weight is 416 g/mol. The van der Waals surface area contributed by atoms with Gasteiger partial charge in [-0.1, -0.05) is 25.1 Å². The molecule has 1 amide bonds. The lowest BCUT2D eigenvalue weighted by molar-refractivity contribution is -0.135. The summed E-state index contributed by atoms with van der Waals surface area (Å²) < 4.78 is 11.6. The molecule has 1 unspecified atom stereocenters. The van der Waals surface area contributed by atoms with Gasteiger partial charge in [0.05, 0.1) is 25.2 Å². The van der Waals surface area contributed by atoms with Gasteiger partial charge in [-0.15, -0.1) is 0 Å². The fourth-order valence-corrected chi connectivity index (χ4v) is 5.16. The lowest BCUT2D eigenvalue weighted by atomic mass is 9.85. The Morgan fingerprint density at radius 2 is 1.83 bits per heavy atom. The third-order valence-corrected chi connectivity index (χ3v) is 6.87. The molecule has 1 aromatic rings. The number of likely N-dealkylation sites (tertiary alicyclic amines) is 2. The Kier molecular flexibility index (Phi) is 7.28. The van der Waals surface area contributed by atoms with Gasteiger partial charge >= 0.3 is 0 Å². The molecule has 0 aromatic heterocycles. The van der Waals surface area contributed by atoms with Crippen molar-refractivity contribution in [2.75, 3.05) is 65.6 Å². The number of rotatable bonds is 9. The predicted octanol–water partition coefficient (Wildman–Crippen LogP) is 2.62. The van der Waals surface area contributed by atoms with Gasteiger partial charge in [0.25, 0.3) is 0 Å². The quantitative estimate of drug-likeness (QED) is 0.580. The molecule has 3 aliphatic rings. The second-order valence-electron chi connectivity index (χ2n) is 9.05. The Labute approximate surface area is 181 Å². The van der Waals surface area contributed by atoms with Crippen LogP contribution >= 0.6 is 0 Å². The molecule has 0 N–H and O–H groups in total. The Morgan fingerprint density at radius 1 is 1.03 bits per heavy atom. The van der Waals surface area contributed by atoms with Crippen LogP contribution in [0.3, 0.4) is 0 Å².